The van der Waals surface area contributed by atoms with E-state index >= 15 is 0 Å². The summed E-state index contributed by atoms with van der Waals surface area (Å²) in [6.07, 6.45) is 4.93. The Bertz CT molecular complexity index is 527. The number of hydrogen-bond donors (Lipinski definition) is 1. The molecule has 0 bridgehead atoms. The van der Waals surface area contributed by atoms with Crippen LogP contribution in [0.3, 0.4) is 0 Å². The zero-order chi connectivity index (χ0) is 14.6. The van der Waals surface area contributed by atoms with Crippen molar-refractivity contribution < 1.29 is 8.42 Å². The molecule has 1 aromatic carbocycles. The summed E-state index contributed by atoms with van der Waals surface area (Å²) in [5.74, 6) is 0.367. The molecule has 20 heavy (non-hydrogen) atoms. The van der Waals surface area contributed by atoms with Crippen molar-refractivity contribution >= 4 is 21.6 Å². The molecule has 1 N–H and O–H groups in total. The first kappa shape index (κ1) is 15.8. The normalized spacial score (nSPS) is 23.1. The van der Waals surface area contributed by atoms with E-state index in [-0.39, 0.29) is 5.38 Å². The summed E-state index contributed by atoms with van der Waals surface area (Å²) in [5, 5.41) is 0.206. The van der Waals surface area contributed by atoms with E-state index in [1.807, 2.05) is 12.1 Å². The molecular weight excluding hydrogens is 294 g/mol. The smallest absolute Gasteiger partial charge is 0.211 e. The molecular formula is C15H22ClNO2S. The second-order valence-corrected chi connectivity index (χ2v) is 7.91. The van der Waals surface area contributed by atoms with E-state index in [0.29, 0.717) is 17.4 Å². The maximum absolute atomic E-state index is 12.2. The van der Waals surface area contributed by atoms with E-state index in [2.05, 4.69) is 11.6 Å². The lowest BCUT2D eigenvalue weighted by molar-refractivity contribution is 0.520. The number of sulfonamides is 1. The molecule has 2 rings (SSSR count). The minimum Gasteiger partial charge on any atom is -0.211 e. The van der Waals surface area contributed by atoms with Crippen molar-refractivity contribution in [2.45, 2.75) is 49.3 Å². The highest BCUT2D eigenvalue weighted by molar-refractivity contribution is 7.89. The summed E-state index contributed by atoms with van der Waals surface area (Å²) in [7, 11) is -3.39. The molecule has 1 aliphatic carbocycles. The van der Waals surface area contributed by atoms with Crippen LogP contribution in [0, 0.1) is 5.92 Å². The monoisotopic (exact) mass is 315 g/mol. The van der Waals surface area contributed by atoms with E-state index in [0.717, 1.165) is 32.1 Å². The third-order valence-electron chi connectivity index (χ3n) is 3.81. The minimum atomic E-state index is -3.39. The van der Waals surface area contributed by atoms with Gasteiger partial charge in [-0.3, -0.25) is 0 Å². The highest BCUT2D eigenvalue weighted by Crippen LogP contribution is 2.29. The van der Waals surface area contributed by atoms with Crippen molar-refractivity contribution in [3.63, 3.8) is 0 Å². The van der Waals surface area contributed by atoms with E-state index < -0.39 is 10.0 Å². The van der Waals surface area contributed by atoms with Crippen LogP contribution in [0.2, 0.25) is 0 Å². The van der Waals surface area contributed by atoms with Gasteiger partial charge in [-0.15, -0.1) is 11.6 Å². The lowest BCUT2D eigenvalue weighted by Crippen LogP contribution is -2.28. The summed E-state index contributed by atoms with van der Waals surface area (Å²) in [5.41, 5.74) is 1.17. The molecule has 0 saturated heterocycles. The highest BCUT2D eigenvalue weighted by atomic mass is 35.5. The molecule has 5 heteroatoms. The first-order chi connectivity index (χ1) is 9.51. The van der Waals surface area contributed by atoms with Gasteiger partial charge in [-0.25, -0.2) is 13.1 Å². The number of rotatable bonds is 6. The van der Waals surface area contributed by atoms with Crippen LogP contribution in [0.1, 0.15) is 38.2 Å². The standard InChI is InChI=1S/C15H22ClNO2S/c1-2-3-12-5-8-15(9-6-12)20(18,19)17-11-13-4-7-14(16)10-13/h5-6,8-9,13-14,17H,2-4,7,10-11H2,1H3. The largest absolute Gasteiger partial charge is 0.240 e. The number of benzene rings is 1. The van der Waals surface area contributed by atoms with Crippen LogP contribution in [0.25, 0.3) is 0 Å². The van der Waals surface area contributed by atoms with Gasteiger partial charge in [0.25, 0.3) is 0 Å². The summed E-state index contributed by atoms with van der Waals surface area (Å²) in [6.45, 7) is 2.60. The summed E-state index contributed by atoms with van der Waals surface area (Å²) >= 11 is 6.04. The summed E-state index contributed by atoms with van der Waals surface area (Å²) < 4.78 is 27.1. The Kier molecular flexibility index (Phi) is 5.47. The Balaban J connectivity index is 1.95. The third-order valence-corrected chi connectivity index (χ3v) is 5.65. The number of aryl methyl sites for hydroxylation is 1. The van der Waals surface area contributed by atoms with Gasteiger partial charge in [0.05, 0.1) is 4.90 Å². The van der Waals surface area contributed by atoms with Gasteiger partial charge in [-0.1, -0.05) is 25.5 Å². The minimum absolute atomic E-state index is 0.206. The van der Waals surface area contributed by atoms with Crippen LogP contribution in [0.15, 0.2) is 29.2 Å². The van der Waals surface area contributed by atoms with Gasteiger partial charge in [-0.05, 0) is 49.3 Å². The molecule has 0 aliphatic heterocycles. The van der Waals surface area contributed by atoms with Gasteiger partial charge in [-0.2, -0.15) is 0 Å². The molecule has 0 spiro atoms. The van der Waals surface area contributed by atoms with Crippen LogP contribution in [0.5, 0.6) is 0 Å². The maximum atomic E-state index is 12.2. The lowest BCUT2D eigenvalue weighted by atomic mass is 10.1. The zero-order valence-electron chi connectivity index (χ0n) is 11.8. The van der Waals surface area contributed by atoms with Crippen LogP contribution >= 0.6 is 11.6 Å². The van der Waals surface area contributed by atoms with Crippen LogP contribution in [0.4, 0.5) is 0 Å². The molecule has 1 fully saturated rings. The second kappa shape index (κ2) is 6.92. The SMILES string of the molecule is CCCc1ccc(S(=O)(=O)NCC2CCC(Cl)C2)cc1. The van der Waals surface area contributed by atoms with Gasteiger partial charge in [0.15, 0.2) is 0 Å². The average molecular weight is 316 g/mol. The highest BCUT2D eigenvalue weighted by Gasteiger charge is 2.24. The fraction of sp³-hybridized carbons (Fsp3) is 0.600. The Morgan fingerprint density at radius 3 is 2.50 bits per heavy atom. The lowest BCUT2D eigenvalue weighted by Gasteiger charge is -2.11. The summed E-state index contributed by atoms with van der Waals surface area (Å²) in [6, 6.07) is 7.16. The van der Waals surface area contributed by atoms with Crippen LogP contribution in [-0.2, 0) is 16.4 Å². The van der Waals surface area contributed by atoms with Gasteiger partial charge in [0.1, 0.15) is 0 Å². The van der Waals surface area contributed by atoms with Crippen molar-refractivity contribution in [1.29, 1.82) is 0 Å². The number of alkyl halides is 1. The molecule has 0 aromatic heterocycles. The van der Waals surface area contributed by atoms with E-state index in [1.165, 1.54) is 5.56 Å². The molecule has 3 nitrogen and oxygen atoms in total. The second-order valence-electron chi connectivity index (χ2n) is 5.52. The number of nitrogens with one attached hydrogen (secondary N) is 1. The van der Waals surface area contributed by atoms with Crippen molar-refractivity contribution in [2.24, 2.45) is 5.92 Å². The molecule has 1 aliphatic rings. The first-order valence-corrected chi connectivity index (χ1v) is 9.16. The molecule has 1 saturated carbocycles. The predicted molar refractivity (Wildman–Crippen MR) is 82.6 cm³/mol. The van der Waals surface area contributed by atoms with Crippen LogP contribution in [-0.4, -0.2) is 20.3 Å². The fourth-order valence-electron chi connectivity index (χ4n) is 2.63. The van der Waals surface area contributed by atoms with Gasteiger partial charge in [0.2, 0.25) is 10.0 Å². The van der Waals surface area contributed by atoms with Crippen molar-refractivity contribution in [1.82, 2.24) is 4.72 Å². The zero-order valence-corrected chi connectivity index (χ0v) is 13.4. The Morgan fingerprint density at radius 1 is 1.25 bits per heavy atom. The van der Waals surface area contributed by atoms with E-state index in [9.17, 15) is 8.42 Å². The van der Waals surface area contributed by atoms with Crippen molar-refractivity contribution in [3.8, 4) is 0 Å². The fourth-order valence-corrected chi connectivity index (χ4v) is 4.13. The molecule has 2 atom stereocenters. The Labute approximate surface area is 126 Å². The first-order valence-electron chi connectivity index (χ1n) is 7.24. The molecule has 0 amide bonds. The van der Waals surface area contributed by atoms with Crippen LogP contribution < -0.4 is 4.72 Å². The maximum Gasteiger partial charge on any atom is 0.240 e. The number of halogens is 1. The number of hydrogen-bond acceptors (Lipinski definition) is 2. The van der Waals surface area contributed by atoms with E-state index in [4.69, 9.17) is 11.6 Å². The quantitative estimate of drug-likeness (QED) is 0.818. The average Bonchev–Trinajstić information content (AvgIpc) is 2.84. The topological polar surface area (TPSA) is 46.2 Å². The molecule has 112 valence electrons. The van der Waals surface area contributed by atoms with E-state index in [1.54, 1.807) is 12.1 Å². The predicted octanol–water partition coefficient (Wildman–Crippen LogP) is 3.32. The Morgan fingerprint density at radius 2 is 1.95 bits per heavy atom. The Hall–Kier alpha value is -0.580. The van der Waals surface area contributed by atoms with Crippen molar-refractivity contribution in [2.75, 3.05) is 6.54 Å². The third kappa shape index (κ3) is 4.21. The molecule has 2 unspecified atom stereocenters. The van der Waals surface area contributed by atoms with Gasteiger partial charge in [0, 0.05) is 11.9 Å². The van der Waals surface area contributed by atoms with Crippen molar-refractivity contribution in [3.05, 3.63) is 29.8 Å². The van der Waals surface area contributed by atoms with Gasteiger partial charge < -0.3 is 0 Å². The molecule has 0 radical (unpaired) electrons. The molecule has 0 heterocycles. The molecule has 1 aromatic rings. The summed E-state index contributed by atoms with van der Waals surface area (Å²) in [4.78, 5) is 0.345. The van der Waals surface area contributed by atoms with Gasteiger partial charge >= 0.3 is 0 Å².